The van der Waals surface area contributed by atoms with Gasteiger partial charge in [-0.3, -0.25) is 4.79 Å². The zero-order valence-electron chi connectivity index (χ0n) is 15.4. The lowest BCUT2D eigenvalue weighted by Crippen LogP contribution is -2.15. The summed E-state index contributed by atoms with van der Waals surface area (Å²) in [4.78, 5) is 23.7. The van der Waals surface area contributed by atoms with Gasteiger partial charge >= 0.3 is 0 Å². The van der Waals surface area contributed by atoms with E-state index in [1.165, 1.54) is 22.2 Å². The van der Waals surface area contributed by atoms with Crippen LogP contribution in [-0.4, -0.2) is 21.6 Å². The van der Waals surface area contributed by atoms with Gasteiger partial charge in [0.25, 0.3) is 0 Å². The Morgan fingerprint density at radius 3 is 2.62 bits per heavy atom. The van der Waals surface area contributed by atoms with Crippen molar-refractivity contribution in [2.24, 2.45) is 0 Å². The largest absolute Gasteiger partial charge is 0.324 e. The van der Waals surface area contributed by atoms with Crippen LogP contribution in [-0.2, 0) is 4.79 Å². The summed E-state index contributed by atoms with van der Waals surface area (Å²) < 4.78 is 0. The van der Waals surface area contributed by atoms with Crippen LogP contribution in [0.2, 0.25) is 5.02 Å². The van der Waals surface area contributed by atoms with E-state index >= 15 is 0 Å². The number of nitrogens with one attached hydrogen (secondary N) is 1. The van der Waals surface area contributed by atoms with Crippen LogP contribution < -0.4 is 5.32 Å². The van der Waals surface area contributed by atoms with Crippen LogP contribution in [0.5, 0.6) is 0 Å². The SMILES string of the molecule is Cc1cc(C)c(NC(=O)CSc2nc(C)nc3sc(C)c(C)c23)c(Cl)c1. The van der Waals surface area contributed by atoms with E-state index in [-0.39, 0.29) is 11.7 Å². The summed E-state index contributed by atoms with van der Waals surface area (Å²) in [7, 11) is 0. The lowest BCUT2D eigenvalue weighted by molar-refractivity contribution is -0.113. The van der Waals surface area contributed by atoms with Crippen molar-refractivity contribution in [1.82, 2.24) is 9.97 Å². The van der Waals surface area contributed by atoms with Gasteiger partial charge in [0.2, 0.25) is 5.91 Å². The Hall–Kier alpha value is -1.63. The summed E-state index contributed by atoms with van der Waals surface area (Å²) in [6.45, 7) is 9.96. The molecule has 0 bridgehead atoms. The molecule has 0 saturated heterocycles. The predicted octanol–water partition coefficient (Wildman–Crippen LogP) is 5.62. The smallest absolute Gasteiger partial charge is 0.234 e. The van der Waals surface area contributed by atoms with Gasteiger partial charge in [-0.1, -0.05) is 29.4 Å². The van der Waals surface area contributed by atoms with E-state index in [1.807, 2.05) is 32.9 Å². The molecule has 3 aromatic rings. The minimum Gasteiger partial charge on any atom is -0.324 e. The number of rotatable bonds is 4. The number of halogens is 1. The Labute approximate surface area is 166 Å². The van der Waals surface area contributed by atoms with Crippen LogP contribution in [0.25, 0.3) is 10.2 Å². The van der Waals surface area contributed by atoms with Crippen molar-refractivity contribution in [3.05, 3.63) is 44.5 Å². The number of fused-ring (bicyclic) bond motifs is 1. The number of aromatic nitrogens is 2. The maximum atomic E-state index is 12.5. The van der Waals surface area contributed by atoms with E-state index in [9.17, 15) is 4.79 Å². The van der Waals surface area contributed by atoms with Gasteiger partial charge in [0, 0.05) is 10.3 Å². The molecule has 0 unspecified atom stereocenters. The first-order valence-corrected chi connectivity index (χ1v) is 10.4. The van der Waals surface area contributed by atoms with Crippen LogP contribution in [0, 0.1) is 34.6 Å². The highest BCUT2D eigenvalue weighted by molar-refractivity contribution is 8.00. The highest BCUT2D eigenvalue weighted by atomic mass is 35.5. The molecule has 0 radical (unpaired) electrons. The fraction of sp³-hybridized carbons (Fsp3) is 0.316. The number of amides is 1. The first-order chi connectivity index (χ1) is 12.3. The summed E-state index contributed by atoms with van der Waals surface area (Å²) in [5.41, 5.74) is 3.89. The Balaban J connectivity index is 1.79. The molecule has 7 heteroatoms. The number of thioether (sulfide) groups is 1. The van der Waals surface area contributed by atoms with Crippen LogP contribution in [0.15, 0.2) is 17.2 Å². The monoisotopic (exact) mass is 405 g/mol. The third-order valence-corrected chi connectivity index (χ3v) is 6.52. The molecule has 26 heavy (non-hydrogen) atoms. The van der Waals surface area contributed by atoms with Gasteiger partial charge in [-0.2, -0.15) is 0 Å². The second-order valence-electron chi connectivity index (χ2n) is 6.31. The van der Waals surface area contributed by atoms with Crippen molar-refractivity contribution < 1.29 is 4.79 Å². The fourth-order valence-electron chi connectivity index (χ4n) is 2.80. The Morgan fingerprint density at radius 2 is 1.92 bits per heavy atom. The van der Waals surface area contributed by atoms with Crippen molar-refractivity contribution >= 4 is 56.5 Å². The van der Waals surface area contributed by atoms with E-state index in [1.54, 1.807) is 11.3 Å². The highest BCUT2D eigenvalue weighted by Crippen LogP contribution is 2.35. The second-order valence-corrected chi connectivity index (χ2v) is 8.89. The molecule has 0 saturated carbocycles. The summed E-state index contributed by atoms with van der Waals surface area (Å²) in [5, 5.41) is 5.40. The Morgan fingerprint density at radius 1 is 1.19 bits per heavy atom. The molecule has 1 amide bonds. The van der Waals surface area contributed by atoms with Gasteiger partial charge in [0.05, 0.1) is 16.5 Å². The lowest BCUT2D eigenvalue weighted by Gasteiger charge is -2.11. The molecule has 2 heterocycles. The third kappa shape index (κ3) is 3.87. The number of hydrogen-bond acceptors (Lipinski definition) is 5. The second kappa shape index (κ2) is 7.55. The minimum atomic E-state index is -0.0992. The topological polar surface area (TPSA) is 54.9 Å². The van der Waals surface area contributed by atoms with Crippen molar-refractivity contribution in [2.45, 2.75) is 39.6 Å². The number of thiophene rings is 1. The van der Waals surface area contributed by atoms with E-state index in [0.29, 0.717) is 10.7 Å². The zero-order chi connectivity index (χ0) is 19.0. The first kappa shape index (κ1) is 19.1. The molecule has 0 aliphatic rings. The van der Waals surface area contributed by atoms with E-state index in [2.05, 4.69) is 29.1 Å². The standard InChI is InChI=1S/C19H20ClN3OS2/c1-9-6-10(2)17(14(20)7-9)23-15(24)8-25-18-16-11(3)12(4)26-19(16)22-13(5)21-18/h6-7H,8H2,1-5H3,(H,23,24). The first-order valence-electron chi connectivity index (χ1n) is 8.20. The van der Waals surface area contributed by atoms with Gasteiger partial charge < -0.3 is 5.32 Å². The maximum absolute atomic E-state index is 12.5. The van der Waals surface area contributed by atoms with Crippen molar-refractivity contribution in [1.29, 1.82) is 0 Å². The number of carbonyl (C=O) groups excluding carboxylic acids is 1. The van der Waals surface area contributed by atoms with Gasteiger partial charge in [0.15, 0.2) is 0 Å². The summed E-state index contributed by atoms with van der Waals surface area (Å²) >= 11 is 9.38. The zero-order valence-corrected chi connectivity index (χ0v) is 17.7. The van der Waals surface area contributed by atoms with Crippen LogP contribution in [0.3, 0.4) is 0 Å². The number of carbonyl (C=O) groups is 1. The Kier molecular flexibility index (Phi) is 5.55. The molecule has 2 aromatic heterocycles. The van der Waals surface area contributed by atoms with Gasteiger partial charge in [-0.25, -0.2) is 9.97 Å². The maximum Gasteiger partial charge on any atom is 0.234 e. The molecule has 0 aliphatic heterocycles. The average molecular weight is 406 g/mol. The number of hydrogen-bond donors (Lipinski definition) is 1. The van der Waals surface area contributed by atoms with E-state index in [4.69, 9.17) is 11.6 Å². The lowest BCUT2D eigenvalue weighted by atomic mass is 10.1. The summed E-state index contributed by atoms with van der Waals surface area (Å²) in [5.74, 6) is 0.890. The summed E-state index contributed by atoms with van der Waals surface area (Å²) in [6, 6.07) is 3.86. The highest BCUT2D eigenvalue weighted by Gasteiger charge is 2.16. The molecule has 4 nitrogen and oxygen atoms in total. The van der Waals surface area contributed by atoms with Gasteiger partial charge in [-0.05, 0) is 57.4 Å². The van der Waals surface area contributed by atoms with Crippen LogP contribution >= 0.6 is 34.7 Å². The molecule has 0 spiro atoms. The van der Waals surface area contributed by atoms with Gasteiger partial charge in [0.1, 0.15) is 15.7 Å². The van der Waals surface area contributed by atoms with Gasteiger partial charge in [-0.15, -0.1) is 11.3 Å². The van der Waals surface area contributed by atoms with Crippen LogP contribution in [0.1, 0.15) is 27.4 Å². The van der Waals surface area contributed by atoms with E-state index in [0.717, 1.165) is 32.2 Å². The van der Waals surface area contributed by atoms with Crippen molar-refractivity contribution in [2.75, 3.05) is 11.1 Å². The van der Waals surface area contributed by atoms with E-state index < -0.39 is 0 Å². The number of anilines is 1. The minimum absolute atomic E-state index is 0.0992. The molecule has 136 valence electrons. The van der Waals surface area contributed by atoms with Crippen molar-refractivity contribution in [3.63, 3.8) is 0 Å². The molecule has 0 aliphatic carbocycles. The van der Waals surface area contributed by atoms with Crippen LogP contribution in [0.4, 0.5) is 5.69 Å². The van der Waals surface area contributed by atoms with Crippen molar-refractivity contribution in [3.8, 4) is 0 Å². The molecule has 1 aromatic carbocycles. The molecular formula is C19H20ClN3OS2. The normalized spacial score (nSPS) is 11.2. The molecule has 1 N–H and O–H groups in total. The Bertz CT molecular complexity index is 991. The molecule has 0 atom stereocenters. The third-order valence-electron chi connectivity index (χ3n) is 4.14. The number of nitrogens with zero attached hydrogens (tertiary/aromatic N) is 2. The molecular weight excluding hydrogens is 386 g/mol. The number of benzene rings is 1. The predicted molar refractivity (Wildman–Crippen MR) is 112 cm³/mol. The number of aryl methyl sites for hydroxylation is 5. The fourth-order valence-corrected chi connectivity index (χ4v) is 5.24. The summed E-state index contributed by atoms with van der Waals surface area (Å²) in [6.07, 6.45) is 0. The molecule has 0 fully saturated rings. The average Bonchev–Trinajstić information content (AvgIpc) is 2.83. The molecule has 3 rings (SSSR count). The quantitative estimate of drug-likeness (QED) is 0.452.